The normalized spacial score (nSPS) is 14.4. The first-order valence-electron chi connectivity index (χ1n) is 8.85. The third-order valence-electron chi connectivity index (χ3n) is 4.13. The number of anilines is 1. The van der Waals surface area contributed by atoms with Crippen molar-refractivity contribution in [3.63, 3.8) is 0 Å². The molecule has 166 valence electrons. The van der Waals surface area contributed by atoms with Crippen LogP contribution in [-0.2, 0) is 24.3 Å². The summed E-state index contributed by atoms with van der Waals surface area (Å²) in [5.74, 6) is -2.16. The van der Waals surface area contributed by atoms with Gasteiger partial charge in [-0.25, -0.2) is 8.42 Å². The van der Waals surface area contributed by atoms with E-state index in [1.165, 1.54) is 31.3 Å². The Morgan fingerprint density at radius 1 is 1.10 bits per heavy atom. The Morgan fingerprint density at radius 3 is 2.42 bits per heavy atom. The van der Waals surface area contributed by atoms with Gasteiger partial charge in [-0.1, -0.05) is 17.7 Å². The van der Waals surface area contributed by atoms with Gasteiger partial charge in [0.2, 0.25) is 10.0 Å². The van der Waals surface area contributed by atoms with Crippen molar-refractivity contribution in [1.82, 2.24) is 4.31 Å². The van der Waals surface area contributed by atoms with E-state index < -0.39 is 41.3 Å². The van der Waals surface area contributed by atoms with Crippen molar-refractivity contribution in [1.29, 1.82) is 0 Å². The summed E-state index contributed by atoms with van der Waals surface area (Å²) in [4.78, 5) is 23.9. The Bertz CT molecular complexity index is 1100. The number of carbonyl (C=O) groups excluding carboxylic acids is 2. The van der Waals surface area contributed by atoms with E-state index in [9.17, 15) is 26.8 Å². The van der Waals surface area contributed by atoms with Gasteiger partial charge in [-0.2, -0.15) is 4.31 Å². The number of rotatable bonds is 7. The maximum Gasteiger partial charge on any atom is 0.586 e. The number of aryl methyl sites for hydroxylation is 1. The van der Waals surface area contributed by atoms with Gasteiger partial charge in [0.05, 0.1) is 4.90 Å². The van der Waals surface area contributed by atoms with Crippen LogP contribution in [0.3, 0.4) is 0 Å². The van der Waals surface area contributed by atoms with E-state index in [1.54, 1.807) is 19.1 Å². The van der Waals surface area contributed by atoms with Crippen LogP contribution in [0.5, 0.6) is 11.5 Å². The third kappa shape index (κ3) is 5.47. The first kappa shape index (κ1) is 22.4. The van der Waals surface area contributed by atoms with E-state index in [0.717, 1.165) is 15.9 Å². The molecular formula is C19H18F2N2O7S. The van der Waals surface area contributed by atoms with Crippen molar-refractivity contribution < 1.29 is 41.0 Å². The molecule has 0 aliphatic carbocycles. The highest BCUT2D eigenvalue weighted by atomic mass is 32.2. The molecule has 0 fully saturated rings. The standard InChI is InChI=1S/C19H18F2N2O7S/c1-12-3-6-14(7-4-12)31(26,27)23(2)10-18(25)28-11-17(24)22-13-5-8-15-16(9-13)30-19(20,21)29-15/h3-9H,10-11H2,1-2H3,(H,22,24). The molecule has 0 saturated heterocycles. The van der Waals surface area contributed by atoms with E-state index in [4.69, 9.17) is 4.74 Å². The van der Waals surface area contributed by atoms with E-state index in [2.05, 4.69) is 14.8 Å². The number of hydrogen-bond donors (Lipinski definition) is 1. The van der Waals surface area contributed by atoms with Crippen LogP contribution in [0.2, 0.25) is 0 Å². The molecule has 2 aromatic rings. The number of alkyl halides is 2. The third-order valence-corrected chi connectivity index (χ3v) is 5.95. The summed E-state index contributed by atoms with van der Waals surface area (Å²) in [5.41, 5.74) is 0.989. The molecule has 9 nitrogen and oxygen atoms in total. The molecule has 0 saturated carbocycles. The molecule has 0 aromatic heterocycles. The molecule has 1 amide bonds. The number of nitrogens with zero attached hydrogens (tertiary/aromatic N) is 1. The predicted octanol–water partition coefficient (Wildman–Crippen LogP) is 2.12. The van der Waals surface area contributed by atoms with Crippen molar-refractivity contribution in [2.45, 2.75) is 18.1 Å². The van der Waals surface area contributed by atoms with Crippen LogP contribution >= 0.6 is 0 Å². The largest absolute Gasteiger partial charge is 0.586 e. The summed E-state index contributed by atoms with van der Waals surface area (Å²) in [7, 11) is -2.70. The van der Waals surface area contributed by atoms with Gasteiger partial charge >= 0.3 is 12.3 Å². The quantitative estimate of drug-likeness (QED) is 0.636. The maximum atomic E-state index is 13.0. The summed E-state index contributed by atoms with van der Waals surface area (Å²) < 4.78 is 65.1. The number of likely N-dealkylation sites (N-methyl/N-ethyl adjacent to an activating group) is 1. The number of nitrogens with one attached hydrogen (secondary N) is 1. The van der Waals surface area contributed by atoms with Crippen LogP contribution < -0.4 is 14.8 Å². The van der Waals surface area contributed by atoms with E-state index in [1.807, 2.05) is 0 Å². The van der Waals surface area contributed by atoms with E-state index >= 15 is 0 Å². The molecule has 0 unspecified atom stereocenters. The first-order valence-corrected chi connectivity index (χ1v) is 10.3. The van der Waals surface area contributed by atoms with Gasteiger partial charge < -0.3 is 19.5 Å². The number of hydrogen-bond acceptors (Lipinski definition) is 7. The fraction of sp³-hybridized carbons (Fsp3) is 0.263. The van der Waals surface area contributed by atoms with Gasteiger partial charge in [-0.05, 0) is 31.2 Å². The van der Waals surface area contributed by atoms with Crippen molar-refractivity contribution in [2.75, 3.05) is 25.5 Å². The molecule has 31 heavy (non-hydrogen) atoms. The zero-order valence-corrected chi connectivity index (χ0v) is 17.2. The number of carbonyl (C=O) groups is 2. The Morgan fingerprint density at radius 2 is 1.74 bits per heavy atom. The second-order valence-corrected chi connectivity index (χ2v) is 8.66. The molecule has 0 radical (unpaired) electrons. The Hall–Kier alpha value is -3.25. The molecule has 1 aliphatic heterocycles. The van der Waals surface area contributed by atoms with Gasteiger partial charge in [-0.3, -0.25) is 9.59 Å². The highest BCUT2D eigenvalue weighted by molar-refractivity contribution is 7.89. The number of esters is 1. The molecular weight excluding hydrogens is 438 g/mol. The number of fused-ring (bicyclic) bond motifs is 1. The van der Waals surface area contributed by atoms with Gasteiger partial charge in [0.1, 0.15) is 6.54 Å². The summed E-state index contributed by atoms with van der Waals surface area (Å²) in [6.45, 7) is 0.492. The van der Waals surface area contributed by atoms with Crippen molar-refractivity contribution in [2.24, 2.45) is 0 Å². The van der Waals surface area contributed by atoms with Crippen LogP contribution in [0.15, 0.2) is 47.4 Å². The number of amides is 1. The van der Waals surface area contributed by atoms with Gasteiger partial charge in [0, 0.05) is 18.8 Å². The van der Waals surface area contributed by atoms with Crippen LogP contribution in [0, 0.1) is 6.92 Å². The summed E-state index contributed by atoms with van der Waals surface area (Å²) in [6, 6.07) is 9.69. The summed E-state index contributed by atoms with van der Waals surface area (Å²) in [6.07, 6.45) is -3.79. The summed E-state index contributed by atoms with van der Waals surface area (Å²) >= 11 is 0. The fourth-order valence-corrected chi connectivity index (χ4v) is 3.69. The Balaban J connectivity index is 1.50. The SMILES string of the molecule is Cc1ccc(S(=O)(=O)N(C)CC(=O)OCC(=O)Nc2ccc3c(c2)OC(F)(F)O3)cc1. The molecule has 1 aliphatic rings. The maximum absolute atomic E-state index is 13.0. The molecule has 1 N–H and O–H groups in total. The van der Waals surface area contributed by atoms with Gasteiger partial charge in [0.15, 0.2) is 18.1 Å². The highest BCUT2D eigenvalue weighted by Crippen LogP contribution is 2.42. The van der Waals surface area contributed by atoms with Crippen molar-refractivity contribution in [3.8, 4) is 11.5 Å². The summed E-state index contributed by atoms with van der Waals surface area (Å²) in [5, 5.41) is 2.34. The van der Waals surface area contributed by atoms with Gasteiger partial charge in [0.25, 0.3) is 5.91 Å². The number of sulfonamides is 1. The predicted molar refractivity (Wildman–Crippen MR) is 103 cm³/mol. The van der Waals surface area contributed by atoms with E-state index in [-0.39, 0.29) is 22.1 Å². The second kappa shape index (κ2) is 8.47. The molecule has 3 rings (SSSR count). The van der Waals surface area contributed by atoms with Crippen LogP contribution in [-0.4, -0.2) is 51.1 Å². The molecule has 0 bridgehead atoms. The molecule has 2 aromatic carbocycles. The van der Waals surface area contributed by atoms with Crippen LogP contribution in [0.25, 0.3) is 0 Å². The topological polar surface area (TPSA) is 111 Å². The lowest BCUT2D eigenvalue weighted by Crippen LogP contribution is -2.34. The number of benzene rings is 2. The average molecular weight is 456 g/mol. The minimum atomic E-state index is -3.91. The Labute approximate surface area is 176 Å². The highest BCUT2D eigenvalue weighted by Gasteiger charge is 2.43. The second-order valence-electron chi connectivity index (χ2n) is 6.61. The van der Waals surface area contributed by atoms with Crippen LogP contribution in [0.4, 0.5) is 14.5 Å². The smallest absolute Gasteiger partial charge is 0.455 e. The minimum absolute atomic E-state index is 0.0135. The Kier molecular flexibility index (Phi) is 6.13. The lowest BCUT2D eigenvalue weighted by atomic mass is 10.2. The van der Waals surface area contributed by atoms with Crippen molar-refractivity contribution in [3.05, 3.63) is 48.0 Å². The lowest BCUT2D eigenvalue weighted by molar-refractivity contribution is -0.286. The van der Waals surface area contributed by atoms with Crippen molar-refractivity contribution >= 4 is 27.6 Å². The minimum Gasteiger partial charge on any atom is -0.455 e. The van der Waals surface area contributed by atoms with Crippen LogP contribution in [0.1, 0.15) is 5.56 Å². The average Bonchev–Trinajstić information content (AvgIpc) is 2.99. The first-order chi connectivity index (χ1) is 14.5. The monoisotopic (exact) mass is 456 g/mol. The number of halogens is 2. The molecule has 12 heteroatoms. The van der Waals surface area contributed by atoms with Gasteiger partial charge in [-0.15, -0.1) is 8.78 Å². The number of ether oxygens (including phenoxy) is 3. The molecule has 0 spiro atoms. The van der Waals surface area contributed by atoms with E-state index in [0.29, 0.717) is 0 Å². The molecule has 1 heterocycles. The fourth-order valence-electron chi connectivity index (χ4n) is 2.57. The lowest BCUT2D eigenvalue weighted by Gasteiger charge is -2.16. The molecule has 0 atom stereocenters. The zero-order chi connectivity index (χ0) is 22.8. The zero-order valence-electron chi connectivity index (χ0n) is 16.4.